The van der Waals surface area contributed by atoms with E-state index >= 15 is 0 Å². The molecule has 7 nitrogen and oxygen atoms in total. The van der Waals surface area contributed by atoms with Crippen LogP contribution in [0.4, 0.5) is 0 Å². The average molecular weight is 385 g/mol. The molecule has 1 N–H and O–H groups in total. The molecule has 0 saturated heterocycles. The molecule has 0 amide bonds. The van der Waals surface area contributed by atoms with Gasteiger partial charge in [-0.15, -0.1) is 0 Å². The SMILES string of the molecule is CCNC(=NCCS(=O)(=O)N(CC)CC)N(C)Cc1ccccc1OC. The molecule has 0 bridgehead atoms. The molecule has 0 fully saturated rings. The molecule has 148 valence electrons. The molecule has 0 aliphatic rings. The first kappa shape index (κ1) is 22.2. The Bertz CT molecular complexity index is 673. The lowest BCUT2D eigenvalue weighted by molar-refractivity contribution is 0.396. The topological polar surface area (TPSA) is 74.2 Å². The summed E-state index contributed by atoms with van der Waals surface area (Å²) in [6.07, 6.45) is 0. The van der Waals surface area contributed by atoms with E-state index in [1.165, 1.54) is 4.31 Å². The second kappa shape index (κ2) is 11.0. The molecule has 0 heterocycles. The quantitative estimate of drug-likeness (QED) is 0.491. The number of rotatable bonds is 10. The number of methoxy groups -OCH3 is 1. The molecule has 26 heavy (non-hydrogen) atoms. The number of nitrogens with zero attached hydrogens (tertiary/aromatic N) is 3. The van der Waals surface area contributed by atoms with E-state index in [9.17, 15) is 8.42 Å². The molecule has 0 radical (unpaired) electrons. The van der Waals surface area contributed by atoms with Crippen molar-refractivity contribution in [1.29, 1.82) is 0 Å². The summed E-state index contributed by atoms with van der Waals surface area (Å²) in [7, 11) is 0.304. The van der Waals surface area contributed by atoms with E-state index in [0.717, 1.165) is 11.3 Å². The zero-order valence-corrected chi connectivity index (χ0v) is 17.3. The van der Waals surface area contributed by atoms with Crippen LogP contribution in [-0.2, 0) is 16.6 Å². The van der Waals surface area contributed by atoms with Crippen LogP contribution in [0, 0.1) is 0 Å². The maximum absolute atomic E-state index is 12.3. The van der Waals surface area contributed by atoms with Gasteiger partial charge in [0.2, 0.25) is 10.0 Å². The Hall–Kier alpha value is -1.80. The summed E-state index contributed by atoms with van der Waals surface area (Å²) in [5.74, 6) is 1.50. The molecule has 8 heteroatoms. The van der Waals surface area contributed by atoms with Crippen LogP contribution in [0.15, 0.2) is 29.3 Å². The Morgan fingerprint density at radius 1 is 1.19 bits per heavy atom. The Morgan fingerprint density at radius 2 is 1.85 bits per heavy atom. The summed E-state index contributed by atoms with van der Waals surface area (Å²) < 4.78 is 31.4. The molecule has 0 aliphatic carbocycles. The Balaban J connectivity index is 2.82. The van der Waals surface area contributed by atoms with Crippen molar-refractivity contribution in [2.75, 3.05) is 46.1 Å². The van der Waals surface area contributed by atoms with Crippen molar-refractivity contribution in [2.45, 2.75) is 27.3 Å². The minimum absolute atomic E-state index is 0.00602. The fourth-order valence-corrected chi connectivity index (χ4v) is 4.01. The van der Waals surface area contributed by atoms with E-state index in [2.05, 4.69) is 10.3 Å². The van der Waals surface area contributed by atoms with Crippen molar-refractivity contribution in [1.82, 2.24) is 14.5 Å². The molecule has 1 aromatic rings. The number of hydrogen-bond acceptors (Lipinski definition) is 4. The lowest BCUT2D eigenvalue weighted by Gasteiger charge is -2.23. The van der Waals surface area contributed by atoms with Crippen LogP contribution in [0.3, 0.4) is 0 Å². The van der Waals surface area contributed by atoms with Crippen LogP contribution < -0.4 is 10.1 Å². The van der Waals surface area contributed by atoms with Crippen molar-refractivity contribution in [3.05, 3.63) is 29.8 Å². The molecular formula is C18H32N4O3S. The fourth-order valence-electron chi connectivity index (χ4n) is 2.65. The predicted octanol–water partition coefficient (Wildman–Crippen LogP) is 1.76. The maximum atomic E-state index is 12.3. The van der Waals surface area contributed by atoms with Gasteiger partial charge in [-0.05, 0) is 13.0 Å². The van der Waals surface area contributed by atoms with Crippen LogP contribution in [-0.4, -0.2) is 69.7 Å². The third kappa shape index (κ3) is 6.49. The first-order valence-corrected chi connectivity index (χ1v) is 10.6. The second-order valence-electron chi connectivity index (χ2n) is 5.80. The van der Waals surface area contributed by atoms with Gasteiger partial charge in [0.15, 0.2) is 5.96 Å². The normalized spacial score (nSPS) is 12.3. The molecule has 0 aromatic heterocycles. The summed E-state index contributed by atoms with van der Waals surface area (Å²) in [6, 6.07) is 7.82. The van der Waals surface area contributed by atoms with E-state index in [0.29, 0.717) is 32.1 Å². The van der Waals surface area contributed by atoms with Crippen molar-refractivity contribution >= 4 is 16.0 Å². The standard InChI is InChI=1S/C18H32N4O3S/c1-6-19-18(20-13-14-26(23,24)22(7-2)8-3)21(4)15-16-11-9-10-12-17(16)25-5/h9-12H,6-8,13-15H2,1-5H3,(H,19,20). The van der Waals surface area contributed by atoms with Gasteiger partial charge in [0, 0.05) is 38.8 Å². The van der Waals surface area contributed by atoms with Crippen LogP contribution >= 0.6 is 0 Å². The molecule has 0 aliphatic heterocycles. The monoisotopic (exact) mass is 384 g/mol. The number of guanidine groups is 1. The highest BCUT2D eigenvalue weighted by molar-refractivity contribution is 7.89. The van der Waals surface area contributed by atoms with Gasteiger partial charge in [-0.2, -0.15) is 0 Å². The number of nitrogens with one attached hydrogen (secondary N) is 1. The summed E-state index contributed by atoms with van der Waals surface area (Å²) in [6.45, 7) is 8.17. The van der Waals surface area contributed by atoms with Crippen LogP contribution in [0.25, 0.3) is 0 Å². The van der Waals surface area contributed by atoms with Gasteiger partial charge in [-0.3, -0.25) is 4.99 Å². The fraction of sp³-hybridized carbons (Fsp3) is 0.611. The Labute approximate surface area is 158 Å². The molecule has 0 unspecified atom stereocenters. The number of para-hydroxylation sites is 1. The van der Waals surface area contributed by atoms with E-state index in [-0.39, 0.29) is 12.3 Å². The van der Waals surface area contributed by atoms with E-state index < -0.39 is 10.0 Å². The van der Waals surface area contributed by atoms with Crippen LogP contribution in [0.5, 0.6) is 5.75 Å². The van der Waals surface area contributed by atoms with Crippen molar-refractivity contribution in [3.63, 3.8) is 0 Å². The zero-order valence-electron chi connectivity index (χ0n) is 16.5. The lowest BCUT2D eigenvalue weighted by Crippen LogP contribution is -2.39. The van der Waals surface area contributed by atoms with Gasteiger partial charge in [0.05, 0.1) is 19.4 Å². The molecule has 1 rings (SSSR count). The maximum Gasteiger partial charge on any atom is 0.215 e. The van der Waals surface area contributed by atoms with Crippen molar-refractivity contribution in [2.24, 2.45) is 4.99 Å². The highest BCUT2D eigenvalue weighted by Crippen LogP contribution is 2.18. The number of hydrogen-bond donors (Lipinski definition) is 1. The summed E-state index contributed by atoms with van der Waals surface area (Å²) in [5, 5.41) is 3.21. The van der Waals surface area contributed by atoms with Gasteiger partial charge >= 0.3 is 0 Å². The first-order valence-electron chi connectivity index (χ1n) is 8.98. The minimum atomic E-state index is -3.27. The van der Waals surface area contributed by atoms with Gasteiger partial charge in [0.25, 0.3) is 0 Å². The number of ether oxygens (including phenoxy) is 1. The largest absolute Gasteiger partial charge is 0.496 e. The summed E-state index contributed by atoms with van der Waals surface area (Å²) >= 11 is 0. The van der Waals surface area contributed by atoms with E-state index in [1.54, 1.807) is 7.11 Å². The van der Waals surface area contributed by atoms with Gasteiger partial charge in [-0.25, -0.2) is 12.7 Å². The van der Waals surface area contributed by atoms with Crippen molar-refractivity contribution in [3.8, 4) is 5.75 Å². The number of sulfonamides is 1. The summed E-state index contributed by atoms with van der Waals surface area (Å²) in [5.41, 5.74) is 1.04. The smallest absolute Gasteiger partial charge is 0.215 e. The van der Waals surface area contributed by atoms with E-state index in [1.807, 2.05) is 57.0 Å². The second-order valence-corrected chi connectivity index (χ2v) is 7.89. The zero-order chi connectivity index (χ0) is 19.6. The predicted molar refractivity (Wildman–Crippen MR) is 107 cm³/mol. The molecule has 0 saturated carbocycles. The third-order valence-corrected chi connectivity index (χ3v) is 6.01. The Morgan fingerprint density at radius 3 is 2.42 bits per heavy atom. The molecule has 0 atom stereocenters. The van der Waals surface area contributed by atoms with Crippen LogP contribution in [0.2, 0.25) is 0 Å². The van der Waals surface area contributed by atoms with Gasteiger partial charge < -0.3 is 15.0 Å². The summed E-state index contributed by atoms with van der Waals surface area (Å²) in [4.78, 5) is 6.45. The lowest BCUT2D eigenvalue weighted by atomic mass is 10.2. The Kier molecular flexibility index (Phi) is 9.43. The average Bonchev–Trinajstić information content (AvgIpc) is 2.62. The minimum Gasteiger partial charge on any atom is -0.496 e. The van der Waals surface area contributed by atoms with Crippen molar-refractivity contribution < 1.29 is 13.2 Å². The van der Waals surface area contributed by atoms with Crippen LogP contribution in [0.1, 0.15) is 26.3 Å². The highest BCUT2D eigenvalue weighted by Gasteiger charge is 2.18. The first-order chi connectivity index (χ1) is 12.4. The third-order valence-electron chi connectivity index (χ3n) is 4.01. The molecular weight excluding hydrogens is 352 g/mol. The van der Waals surface area contributed by atoms with Gasteiger partial charge in [0.1, 0.15) is 5.75 Å². The number of benzene rings is 1. The van der Waals surface area contributed by atoms with E-state index in [4.69, 9.17) is 4.74 Å². The highest BCUT2D eigenvalue weighted by atomic mass is 32.2. The molecule has 0 spiro atoms. The molecule has 1 aromatic carbocycles. The number of aliphatic imine (C=N–C) groups is 1. The van der Waals surface area contributed by atoms with Gasteiger partial charge in [-0.1, -0.05) is 32.0 Å².